The van der Waals surface area contributed by atoms with Crippen LogP contribution in [0.5, 0.6) is 0 Å². The third-order valence-electron chi connectivity index (χ3n) is 2.02. The molecule has 1 amide bonds. The van der Waals surface area contributed by atoms with Crippen LogP contribution >= 0.6 is 0 Å². The lowest BCUT2D eigenvalue weighted by atomic mass is 10.3. The highest BCUT2D eigenvalue weighted by atomic mass is 16.3. The molecule has 0 fully saturated rings. The fourth-order valence-corrected chi connectivity index (χ4v) is 1.47. The highest BCUT2D eigenvalue weighted by Crippen LogP contribution is 1.95. The normalized spacial score (nSPS) is 14.9. The molecule has 0 spiro atoms. The molecule has 0 heterocycles. The molecule has 2 unspecified atom stereocenters. The summed E-state index contributed by atoms with van der Waals surface area (Å²) >= 11 is 0. The van der Waals surface area contributed by atoms with Crippen LogP contribution in [-0.2, 0) is 4.79 Å². The summed E-state index contributed by atoms with van der Waals surface area (Å²) in [5.74, 6) is 0.00341. The molecular weight excluding hydrogens is 208 g/mol. The topological polar surface area (TPSA) is 72.8 Å². The van der Waals surface area contributed by atoms with Crippen molar-refractivity contribution in [2.24, 2.45) is 0 Å². The van der Waals surface area contributed by atoms with Crippen molar-refractivity contribution in [3.8, 4) is 0 Å². The summed E-state index contributed by atoms with van der Waals surface area (Å²) in [7, 11) is 0. The Labute approximate surface area is 97.4 Å². The Morgan fingerprint density at radius 1 is 1.25 bits per heavy atom. The first-order chi connectivity index (χ1) is 7.45. The molecule has 0 bridgehead atoms. The summed E-state index contributed by atoms with van der Waals surface area (Å²) in [6, 6.07) is 0. The predicted molar refractivity (Wildman–Crippen MR) is 62.9 cm³/mol. The van der Waals surface area contributed by atoms with Crippen LogP contribution < -0.4 is 5.32 Å². The molecule has 0 aromatic carbocycles. The molecule has 3 N–H and O–H groups in total. The Morgan fingerprint density at radius 3 is 2.12 bits per heavy atom. The maximum atomic E-state index is 11.3. The number of aliphatic hydroxyl groups is 2. The molecule has 0 rings (SSSR count). The van der Waals surface area contributed by atoms with Crippen molar-refractivity contribution in [3.05, 3.63) is 0 Å². The van der Waals surface area contributed by atoms with Crippen LogP contribution in [-0.4, -0.2) is 53.0 Å². The number of nitrogens with one attached hydrogen (secondary N) is 1. The Bertz CT molecular complexity index is 186. The van der Waals surface area contributed by atoms with E-state index in [-0.39, 0.29) is 5.91 Å². The van der Waals surface area contributed by atoms with Crippen LogP contribution in [0.1, 0.15) is 33.6 Å². The average molecular weight is 232 g/mol. The molecule has 0 saturated heterocycles. The predicted octanol–water partition coefficient (Wildman–Crippen LogP) is -0.0762. The maximum absolute atomic E-state index is 11.3. The van der Waals surface area contributed by atoms with E-state index in [1.54, 1.807) is 13.8 Å². The zero-order chi connectivity index (χ0) is 12.6. The van der Waals surface area contributed by atoms with Gasteiger partial charge in [0.05, 0.1) is 18.9 Å². The van der Waals surface area contributed by atoms with Crippen molar-refractivity contribution >= 4 is 5.91 Å². The quantitative estimate of drug-likeness (QED) is 0.512. The molecule has 2 atom stereocenters. The van der Waals surface area contributed by atoms with Gasteiger partial charge in [-0.15, -0.1) is 0 Å². The van der Waals surface area contributed by atoms with E-state index in [1.165, 1.54) is 0 Å². The van der Waals surface area contributed by atoms with Crippen LogP contribution in [0.3, 0.4) is 0 Å². The summed E-state index contributed by atoms with van der Waals surface area (Å²) in [6.07, 6.45) is 0.388. The van der Waals surface area contributed by atoms with E-state index in [2.05, 4.69) is 5.32 Å². The number of rotatable bonds is 8. The van der Waals surface area contributed by atoms with E-state index in [9.17, 15) is 15.0 Å². The number of aliphatic hydroxyl groups excluding tert-OH is 2. The molecule has 96 valence electrons. The average Bonchev–Trinajstić information content (AvgIpc) is 2.13. The fraction of sp³-hybridized carbons (Fsp3) is 0.909. The Morgan fingerprint density at radius 2 is 1.75 bits per heavy atom. The van der Waals surface area contributed by atoms with Gasteiger partial charge in [-0.25, -0.2) is 0 Å². The van der Waals surface area contributed by atoms with Gasteiger partial charge in [0.15, 0.2) is 0 Å². The van der Waals surface area contributed by atoms with E-state index in [0.29, 0.717) is 26.2 Å². The lowest BCUT2D eigenvalue weighted by molar-refractivity contribution is -0.122. The number of amides is 1. The zero-order valence-electron chi connectivity index (χ0n) is 10.4. The summed E-state index contributed by atoms with van der Waals surface area (Å²) in [6.45, 7) is 6.57. The van der Waals surface area contributed by atoms with Crippen LogP contribution in [0.2, 0.25) is 0 Å². The minimum Gasteiger partial charge on any atom is -0.392 e. The van der Waals surface area contributed by atoms with Crippen molar-refractivity contribution in [2.75, 3.05) is 19.8 Å². The molecular formula is C11H24N2O3. The van der Waals surface area contributed by atoms with Gasteiger partial charge in [-0.3, -0.25) is 9.69 Å². The van der Waals surface area contributed by atoms with Crippen LogP contribution in [0.4, 0.5) is 0 Å². The second-order valence-corrected chi connectivity index (χ2v) is 4.24. The largest absolute Gasteiger partial charge is 0.392 e. The van der Waals surface area contributed by atoms with Crippen LogP contribution in [0.15, 0.2) is 0 Å². The highest BCUT2D eigenvalue weighted by Gasteiger charge is 2.11. The fourth-order valence-electron chi connectivity index (χ4n) is 1.47. The number of carbonyl (C=O) groups excluding carboxylic acids is 1. The third-order valence-corrected chi connectivity index (χ3v) is 2.02. The van der Waals surface area contributed by atoms with Gasteiger partial charge in [-0.05, 0) is 20.3 Å². The smallest absolute Gasteiger partial charge is 0.220 e. The van der Waals surface area contributed by atoms with Gasteiger partial charge in [0.2, 0.25) is 5.91 Å². The van der Waals surface area contributed by atoms with Gasteiger partial charge in [0.25, 0.3) is 0 Å². The van der Waals surface area contributed by atoms with Gasteiger partial charge >= 0.3 is 0 Å². The molecule has 0 aromatic heterocycles. The molecule has 0 aliphatic heterocycles. The first kappa shape index (κ1) is 15.3. The van der Waals surface area contributed by atoms with Crippen molar-refractivity contribution in [2.45, 2.75) is 45.8 Å². The van der Waals surface area contributed by atoms with E-state index >= 15 is 0 Å². The maximum Gasteiger partial charge on any atom is 0.220 e. The van der Waals surface area contributed by atoms with Gasteiger partial charge in [-0.2, -0.15) is 0 Å². The molecule has 0 aliphatic rings. The van der Waals surface area contributed by atoms with E-state index in [0.717, 1.165) is 6.42 Å². The molecule has 0 aliphatic carbocycles. The lowest BCUT2D eigenvalue weighted by Crippen LogP contribution is -2.43. The second-order valence-electron chi connectivity index (χ2n) is 4.24. The first-order valence-corrected chi connectivity index (χ1v) is 5.80. The molecule has 16 heavy (non-hydrogen) atoms. The van der Waals surface area contributed by atoms with Crippen molar-refractivity contribution < 1.29 is 15.0 Å². The van der Waals surface area contributed by atoms with Gasteiger partial charge in [-0.1, -0.05) is 6.92 Å². The molecule has 5 nitrogen and oxygen atoms in total. The third kappa shape index (κ3) is 8.64. The highest BCUT2D eigenvalue weighted by molar-refractivity contribution is 5.75. The number of carbonyl (C=O) groups is 1. The molecule has 0 saturated carbocycles. The van der Waals surface area contributed by atoms with Crippen molar-refractivity contribution in [1.82, 2.24) is 10.2 Å². The zero-order valence-corrected chi connectivity index (χ0v) is 10.4. The molecule has 0 radical (unpaired) electrons. The van der Waals surface area contributed by atoms with E-state index in [4.69, 9.17) is 0 Å². The standard InChI is InChI=1S/C11H24N2O3/c1-4-5-11(16)12-8-13(6-9(2)14)7-10(3)15/h9-10,14-15H,4-8H2,1-3H3,(H,12,16). The second kappa shape index (κ2) is 8.50. The first-order valence-electron chi connectivity index (χ1n) is 5.80. The number of hydrogen-bond donors (Lipinski definition) is 3. The SMILES string of the molecule is CCCC(=O)NCN(CC(C)O)CC(C)O. The summed E-state index contributed by atoms with van der Waals surface area (Å²) in [5.41, 5.74) is 0. The summed E-state index contributed by atoms with van der Waals surface area (Å²) < 4.78 is 0. The van der Waals surface area contributed by atoms with Crippen molar-refractivity contribution in [1.29, 1.82) is 0 Å². The number of nitrogens with zero attached hydrogens (tertiary/aromatic N) is 1. The Hall–Kier alpha value is -0.650. The Balaban J connectivity index is 3.95. The molecule has 0 aromatic rings. The monoisotopic (exact) mass is 232 g/mol. The molecule has 5 heteroatoms. The van der Waals surface area contributed by atoms with E-state index in [1.807, 2.05) is 11.8 Å². The van der Waals surface area contributed by atoms with Crippen molar-refractivity contribution in [3.63, 3.8) is 0 Å². The minimum absolute atomic E-state index is 0.00341. The van der Waals surface area contributed by atoms with Crippen LogP contribution in [0.25, 0.3) is 0 Å². The van der Waals surface area contributed by atoms with Crippen LogP contribution in [0, 0.1) is 0 Å². The van der Waals surface area contributed by atoms with Gasteiger partial charge in [0.1, 0.15) is 0 Å². The van der Waals surface area contributed by atoms with Gasteiger partial charge in [0, 0.05) is 19.5 Å². The lowest BCUT2D eigenvalue weighted by Gasteiger charge is -2.25. The Kier molecular flexibility index (Phi) is 8.15. The summed E-state index contributed by atoms with van der Waals surface area (Å²) in [4.78, 5) is 13.1. The number of hydrogen-bond acceptors (Lipinski definition) is 4. The minimum atomic E-state index is -0.471. The van der Waals surface area contributed by atoms with Gasteiger partial charge < -0.3 is 15.5 Å². The van der Waals surface area contributed by atoms with E-state index < -0.39 is 12.2 Å². The summed E-state index contributed by atoms with van der Waals surface area (Å²) in [5, 5.41) is 21.3.